The van der Waals surface area contributed by atoms with Gasteiger partial charge in [-0.3, -0.25) is 0 Å². The minimum Gasteiger partial charge on any atom is -0.303 e. The van der Waals surface area contributed by atoms with E-state index in [4.69, 9.17) is 0 Å². The van der Waals surface area contributed by atoms with E-state index in [1.807, 2.05) is 0 Å². The lowest BCUT2D eigenvalue weighted by Crippen LogP contribution is -2.51. The fourth-order valence-corrected chi connectivity index (χ4v) is 3.49. The first kappa shape index (κ1) is 12.0. The highest BCUT2D eigenvalue weighted by Gasteiger charge is 2.53. The van der Waals surface area contributed by atoms with Gasteiger partial charge in [0.25, 0.3) is 0 Å². The largest absolute Gasteiger partial charge is 0.303 e. The van der Waals surface area contributed by atoms with Crippen LogP contribution in [0.25, 0.3) is 0 Å². The molecule has 84 valence electrons. The number of hydrogen-bond acceptors (Lipinski definition) is 1. The van der Waals surface area contributed by atoms with Crippen LogP contribution in [0.3, 0.4) is 0 Å². The smallest absolute Gasteiger partial charge is 0.0229 e. The molecular weight excluding hydrogens is 170 g/mol. The molecule has 0 aliphatic heterocycles. The quantitative estimate of drug-likeness (QED) is 0.656. The third-order valence-corrected chi connectivity index (χ3v) is 5.05. The van der Waals surface area contributed by atoms with Crippen molar-refractivity contribution in [1.82, 2.24) is 4.90 Å². The van der Waals surface area contributed by atoms with Crippen LogP contribution in [0, 0.1) is 17.3 Å². The maximum atomic E-state index is 2.45. The van der Waals surface area contributed by atoms with Gasteiger partial charge in [-0.2, -0.15) is 0 Å². The predicted molar refractivity (Wildman–Crippen MR) is 63.4 cm³/mol. The van der Waals surface area contributed by atoms with Crippen LogP contribution in [0.2, 0.25) is 0 Å². The monoisotopic (exact) mass is 197 g/mol. The maximum absolute atomic E-state index is 2.45. The Balaban J connectivity index is 2.96. The van der Waals surface area contributed by atoms with E-state index in [1.54, 1.807) is 0 Å². The van der Waals surface area contributed by atoms with Crippen molar-refractivity contribution in [2.24, 2.45) is 17.3 Å². The summed E-state index contributed by atoms with van der Waals surface area (Å²) in [5.41, 5.74) is 0.812. The van der Waals surface area contributed by atoms with Crippen molar-refractivity contribution in [3.05, 3.63) is 0 Å². The van der Waals surface area contributed by atoms with E-state index < -0.39 is 0 Å². The summed E-state index contributed by atoms with van der Waals surface area (Å²) in [6.07, 6.45) is 2.73. The fraction of sp³-hybridized carbons (Fsp3) is 1.00. The van der Waals surface area contributed by atoms with Gasteiger partial charge < -0.3 is 4.90 Å². The van der Waals surface area contributed by atoms with E-state index in [-0.39, 0.29) is 0 Å². The average Bonchev–Trinajstić information content (AvgIpc) is 2.24. The summed E-state index contributed by atoms with van der Waals surface area (Å²) in [5, 5.41) is 0. The zero-order valence-corrected chi connectivity index (χ0v) is 11.0. The third kappa shape index (κ3) is 1.50. The molecule has 1 nitrogen and oxygen atoms in total. The predicted octanol–water partition coefficient (Wildman–Crippen LogP) is 3.40. The molecule has 1 aliphatic rings. The highest BCUT2D eigenvalue weighted by Crippen LogP contribution is 2.54. The van der Waals surface area contributed by atoms with Crippen molar-refractivity contribution in [1.29, 1.82) is 0 Å². The molecule has 0 saturated heterocycles. The zero-order chi connectivity index (χ0) is 11.1. The van der Waals surface area contributed by atoms with Crippen molar-refractivity contribution in [3.63, 3.8) is 0 Å². The zero-order valence-electron chi connectivity index (χ0n) is 11.0. The summed E-state index contributed by atoms with van der Waals surface area (Å²) in [7, 11) is 4.45. The number of nitrogens with zero attached hydrogens (tertiary/aromatic N) is 1. The van der Waals surface area contributed by atoms with Crippen LogP contribution in [0.4, 0.5) is 0 Å². The van der Waals surface area contributed by atoms with Gasteiger partial charge in [-0.15, -0.1) is 0 Å². The van der Waals surface area contributed by atoms with Gasteiger partial charge in [-0.05, 0) is 51.1 Å². The van der Waals surface area contributed by atoms with Gasteiger partial charge in [0.05, 0.1) is 0 Å². The molecule has 0 radical (unpaired) electrons. The van der Waals surface area contributed by atoms with Gasteiger partial charge in [0.2, 0.25) is 0 Å². The molecule has 0 heterocycles. The van der Waals surface area contributed by atoms with Crippen molar-refractivity contribution < 1.29 is 0 Å². The second-order valence-corrected chi connectivity index (χ2v) is 6.28. The Labute approximate surface area is 89.9 Å². The van der Waals surface area contributed by atoms with Crippen molar-refractivity contribution in [2.45, 2.75) is 53.0 Å². The minimum absolute atomic E-state index is 0.377. The Morgan fingerprint density at radius 3 is 1.86 bits per heavy atom. The highest BCUT2D eigenvalue weighted by molar-refractivity contribution is 5.06. The van der Waals surface area contributed by atoms with Gasteiger partial charge in [0.1, 0.15) is 0 Å². The topological polar surface area (TPSA) is 3.24 Å². The summed E-state index contributed by atoms with van der Waals surface area (Å²) in [6.45, 7) is 12.1. The standard InChI is InChI=1S/C13H27N/c1-10(2)11-8-9-13(5,14(6)7)12(11,3)4/h10-11H,8-9H2,1-7H3/t11?,13-/m0/s1. The van der Waals surface area contributed by atoms with Crippen molar-refractivity contribution in [2.75, 3.05) is 14.1 Å². The normalized spacial score (nSPS) is 37.1. The summed E-state index contributed by atoms with van der Waals surface area (Å²) in [6, 6.07) is 0. The van der Waals surface area contributed by atoms with Crippen LogP contribution in [0.5, 0.6) is 0 Å². The number of hydrogen-bond donors (Lipinski definition) is 0. The molecule has 1 aliphatic carbocycles. The molecule has 0 bridgehead atoms. The van der Waals surface area contributed by atoms with Crippen LogP contribution in [-0.2, 0) is 0 Å². The van der Waals surface area contributed by atoms with Crippen LogP contribution >= 0.6 is 0 Å². The average molecular weight is 197 g/mol. The lowest BCUT2D eigenvalue weighted by Gasteiger charge is -2.47. The minimum atomic E-state index is 0.377. The summed E-state index contributed by atoms with van der Waals surface area (Å²) < 4.78 is 0. The van der Waals surface area contributed by atoms with Gasteiger partial charge in [0, 0.05) is 5.54 Å². The Morgan fingerprint density at radius 1 is 1.14 bits per heavy atom. The molecule has 0 aromatic heterocycles. The summed E-state index contributed by atoms with van der Waals surface area (Å²) >= 11 is 0. The van der Waals surface area contributed by atoms with Crippen LogP contribution < -0.4 is 0 Å². The van der Waals surface area contributed by atoms with E-state index in [0.29, 0.717) is 11.0 Å². The molecule has 0 aromatic rings. The number of rotatable bonds is 2. The SMILES string of the molecule is CC(C)C1CC[C@](C)(N(C)C)C1(C)C. The first-order chi connectivity index (χ1) is 6.23. The Bertz CT molecular complexity index is 205. The molecule has 2 atom stereocenters. The van der Waals surface area contributed by atoms with Crippen molar-refractivity contribution in [3.8, 4) is 0 Å². The third-order valence-electron chi connectivity index (χ3n) is 5.05. The van der Waals surface area contributed by atoms with Crippen LogP contribution in [0.15, 0.2) is 0 Å². The van der Waals surface area contributed by atoms with E-state index in [9.17, 15) is 0 Å². The molecule has 1 heteroatoms. The molecule has 14 heavy (non-hydrogen) atoms. The van der Waals surface area contributed by atoms with E-state index in [1.165, 1.54) is 12.8 Å². The molecule has 0 aromatic carbocycles. The van der Waals surface area contributed by atoms with Gasteiger partial charge in [-0.1, -0.05) is 27.7 Å². The Hall–Kier alpha value is -0.0400. The molecule has 0 amide bonds. The van der Waals surface area contributed by atoms with Gasteiger partial charge >= 0.3 is 0 Å². The summed E-state index contributed by atoms with van der Waals surface area (Å²) in [4.78, 5) is 2.43. The lowest BCUT2D eigenvalue weighted by atomic mass is 9.67. The highest BCUT2D eigenvalue weighted by atomic mass is 15.2. The molecule has 1 fully saturated rings. The van der Waals surface area contributed by atoms with E-state index >= 15 is 0 Å². The second kappa shape index (κ2) is 3.52. The molecule has 1 unspecified atom stereocenters. The molecule has 1 saturated carbocycles. The first-order valence-electron chi connectivity index (χ1n) is 5.91. The van der Waals surface area contributed by atoms with E-state index in [2.05, 4.69) is 53.6 Å². The lowest BCUT2D eigenvalue weighted by molar-refractivity contribution is 0.0258. The molecule has 1 rings (SSSR count). The molecular formula is C13H27N. The Morgan fingerprint density at radius 2 is 1.64 bits per heavy atom. The van der Waals surface area contributed by atoms with Gasteiger partial charge in [-0.25, -0.2) is 0 Å². The van der Waals surface area contributed by atoms with Crippen LogP contribution in [0.1, 0.15) is 47.5 Å². The van der Waals surface area contributed by atoms with Crippen molar-refractivity contribution >= 4 is 0 Å². The van der Waals surface area contributed by atoms with Crippen LogP contribution in [-0.4, -0.2) is 24.5 Å². The van der Waals surface area contributed by atoms with E-state index in [0.717, 1.165) is 11.8 Å². The fourth-order valence-electron chi connectivity index (χ4n) is 3.49. The van der Waals surface area contributed by atoms with Gasteiger partial charge in [0.15, 0.2) is 0 Å². The maximum Gasteiger partial charge on any atom is 0.0229 e. The second-order valence-electron chi connectivity index (χ2n) is 6.28. The Kier molecular flexibility index (Phi) is 3.02. The molecule has 0 spiro atoms. The summed E-state index contributed by atoms with van der Waals surface area (Å²) in [5.74, 6) is 1.68. The molecule has 0 N–H and O–H groups in total. The first-order valence-corrected chi connectivity index (χ1v) is 5.91.